The maximum atomic E-state index is 12.0. The van der Waals surface area contributed by atoms with Crippen LogP contribution in [0.2, 0.25) is 0 Å². The lowest BCUT2D eigenvalue weighted by Gasteiger charge is -2.05. The van der Waals surface area contributed by atoms with Crippen molar-refractivity contribution in [3.05, 3.63) is 21.4 Å². The molecule has 3 N–H and O–H groups in total. The van der Waals surface area contributed by atoms with Crippen molar-refractivity contribution in [3.63, 3.8) is 0 Å². The zero-order valence-corrected chi connectivity index (χ0v) is 12.7. The first-order valence-electron chi connectivity index (χ1n) is 6.62. The Morgan fingerprint density at radius 1 is 1.53 bits per heavy atom. The fraction of sp³-hybridized carbons (Fsp3) is 0.533. The van der Waals surface area contributed by atoms with Crippen molar-refractivity contribution in [1.82, 2.24) is 5.32 Å². The molecule has 0 bridgehead atoms. The molecule has 0 aromatic carbocycles. The molecule has 1 aromatic rings. The molecule has 1 amide bonds. The standard InChI is InChI=1S/C15H22N2OS/c1-11(2)6-5-9-17-15(18)14-10-12(3)13(19-14)7-4-8-16/h10-11H,5-6,8-9,16H2,1-3H3,(H,17,18). The average molecular weight is 278 g/mol. The molecule has 19 heavy (non-hydrogen) atoms. The van der Waals surface area contributed by atoms with Crippen molar-refractivity contribution >= 4 is 17.2 Å². The normalized spacial score (nSPS) is 10.2. The third-order valence-electron chi connectivity index (χ3n) is 2.69. The molecule has 0 saturated heterocycles. The lowest BCUT2D eigenvalue weighted by atomic mass is 10.1. The van der Waals surface area contributed by atoms with Gasteiger partial charge in [0.2, 0.25) is 0 Å². The van der Waals surface area contributed by atoms with Crippen molar-refractivity contribution < 1.29 is 4.79 Å². The van der Waals surface area contributed by atoms with E-state index in [1.54, 1.807) is 0 Å². The van der Waals surface area contributed by atoms with Crippen LogP contribution in [0.1, 0.15) is 46.8 Å². The van der Waals surface area contributed by atoms with Gasteiger partial charge in [-0.05, 0) is 37.3 Å². The highest BCUT2D eigenvalue weighted by Crippen LogP contribution is 2.20. The van der Waals surface area contributed by atoms with Gasteiger partial charge < -0.3 is 11.1 Å². The molecular formula is C15H22N2OS. The van der Waals surface area contributed by atoms with Crippen LogP contribution in [0.4, 0.5) is 0 Å². The molecule has 0 spiro atoms. The minimum atomic E-state index is -0.00217. The summed E-state index contributed by atoms with van der Waals surface area (Å²) in [6, 6.07) is 1.89. The van der Waals surface area contributed by atoms with Gasteiger partial charge in [-0.3, -0.25) is 4.79 Å². The van der Waals surface area contributed by atoms with Crippen LogP contribution in [0.25, 0.3) is 0 Å². The molecule has 0 aliphatic carbocycles. The number of hydrogen-bond acceptors (Lipinski definition) is 3. The zero-order chi connectivity index (χ0) is 14.3. The maximum absolute atomic E-state index is 12.0. The summed E-state index contributed by atoms with van der Waals surface area (Å²) < 4.78 is 0. The number of carbonyl (C=O) groups excluding carboxylic acids is 1. The first-order valence-corrected chi connectivity index (χ1v) is 7.43. The second-order valence-corrected chi connectivity index (χ2v) is 5.97. The molecule has 0 fully saturated rings. The maximum Gasteiger partial charge on any atom is 0.261 e. The van der Waals surface area contributed by atoms with E-state index in [0.29, 0.717) is 12.5 Å². The van der Waals surface area contributed by atoms with Crippen LogP contribution in [-0.2, 0) is 0 Å². The Morgan fingerprint density at radius 2 is 2.26 bits per heavy atom. The van der Waals surface area contributed by atoms with E-state index in [-0.39, 0.29) is 5.91 Å². The van der Waals surface area contributed by atoms with Crippen molar-refractivity contribution in [1.29, 1.82) is 0 Å². The number of nitrogens with one attached hydrogen (secondary N) is 1. The molecule has 1 heterocycles. The molecule has 1 aromatic heterocycles. The van der Waals surface area contributed by atoms with Crippen LogP contribution in [0.5, 0.6) is 0 Å². The van der Waals surface area contributed by atoms with Crippen molar-refractivity contribution in [2.24, 2.45) is 11.7 Å². The van der Waals surface area contributed by atoms with Gasteiger partial charge in [-0.1, -0.05) is 25.7 Å². The number of thiophene rings is 1. The van der Waals surface area contributed by atoms with Crippen molar-refractivity contribution in [3.8, 4) is 11.8 Å². The predicted molar refractivity (Wildman–Crippen MR) is 81.4 cm³/mol. The minimum absolute atomic E-state index is 0.00217. The molecule has 4 heteroatoms. The molecule has 104 valence electrons. The predicted octanol–water partition coefficient (Wildman–Crippen LogP) is 2.53. The first-order chi connectivity index (χ1) is 9.04. The summed E-state index contributed by atoms with van der Waals surface area (Å²) in [6.07, 6.45) is 2.16. The van der Waals surface area contributed by atoms with Crippen LogP contribution in [-0.4, -0.2) is 19.0 Å². The van der Waals surface area contributed by atoms with E-state index in [1.165, 1.54) is 11.3 Å². The largest absolute Gasteiger partial charge is 0.351 e. The SMILES string of the molecule is Cc1cc(C(=O)NCCCC(C)C)sc1C#CCN. The summed E-state index contributed by atoms with van der Waals surface area (Å²) in [5, 5.41) is 2.95. The Morgan fingerprint density at radius 3 is 2.89 bits per heavy atom. The van der Waals surface area contributed by atoms with E-state index in [1.807, 2.05) is 13.0 Å². The van der Waals surface area contributed by atoms with E-state index >= 15 is 0 Å². The van der Waals surface area contributed by atoms with Gasteiger partial charge in [-0.15, -0.1) is 11.3 Å². The summed E-state index contributed by atoms with van der Waals surface area (Å²) in [4.78, 5) is 13.6. The Hall–Kier alpha value is -1.31. The highest BCUT2D eigenvalue weighted by Gasteiger charge is 2.10. The second-order valence-electron chi connectivity index (χ2n) is 4.92. The zero-order valence-electron chi connectivity index (χ0n) is 11.9. The van der Waals surface area contributed by atoms with Gasteiger partial charge in [0.1, 0.15) is 0 Å². The van der Waals surface area contributed by atoms with Crippen LogP contribution in [0.3, 0.4) is 0 Å². The number of amides is 1. The minimum Gasteiger partial charge on any atom is -0.351 e. The third-order valence-corrected chi connectivity index (χ3v) is 3.84. The number of hydrogen-bond donors (Lipinski definition) is 2. The summed E-state index contributed by atoms with van der Waals surface area (Å²) in [7, 11) is 0. The van der Waals surface area contributed by atoms with Gasteiger partial charge in [-0.25, -0.2) is 0 Å². The highest BCUT2D eigenvalue weighted by molar-refractivity contribution is 7.14. The van der Waals surface area contributed by atoms with Gasteiger partial charge in [-0.2, -0.15) is 0 Å². The molecule has 0 atom stereocenters. The van der Waals surface area contributed by atoms with Crippen molar-refractivity contribution in [2.75, 3.05) is 13.1 Å². The quantitative estimate of drug-likeness (QED) is 0.642. The molecule has 3 nitrogen and oxygen atoms in total. The smallest absolute Gasteiger partial charge is 0.261 e. The Balaban J connectivity index is 2.53. The number of rotatable bonds is 5. The van der Waals surface area contributed by atoms with E-state index in [2.05, 4.69) is 31.0 Å². The summed E-state index contributed by atoms with van der Waals surface area (Å²) in [6.45, 7) is 7.41. The van der Waals surface area contributed by atoms with Crippen LogP contribution in [0, 0.1) is 24.7 Å². The summed E-state index contributed by atoms with van der Waals surface area (Å²) in [5.41, 5.74) is 6.39. The fourth-order valence-electron chi connectivity index (χ4n) is 1.65. The molecule has 0 aliphatic rings. The van der Waals surface area contributed by atoms with Crippen LogP contribution >= 0.6 is 11.3 Å². The lowest BCUT2D eigenvalue weighted by molar-refractivity contribution is 0.0956. The van der Waals surface area contributed by atoms with Crippen molar-refractivity contribution in [2.45, 2.75) is 33.6 Å². The lowest BCUT2D eigenvalue weighted by Crippen LogP contribution is -2.23. The summed E-state index contributed by atoms with van der Waals surface area (Å²) in [5.74, 6) is 6.49. The molecule has 0 aliphatic heterocycles. The second kappa shape index (κ2) is 7.98. The monoisotopic (exact) mass is 278 g/mol. The molecule has 1 rings (SSSR count). The molecule has 0 radical (unpaired) electrons. The Bertz CT molecular complexity index is 480. The van der Waals surface area contributed by atoms with Gasteiger partial charge in [0.25, 0.3) is 5.91 Å². The van der Waals surface area contributed by atoms with Gasteiger partial charge in [0, 0.05) is 6.54 Å². The number of nitrogens with two attached hydrogens (primary N) is 1. The molecule has 0 saturated carbocycles. The first kappa shape index (κ1) is 15.7. The molecular weight excluding hydrogens is 256 g/mol. The van der Waals surface area contributed by atoms with Crippen LogP contribution < -0.4 is 11.1 Å². The van der Waals surface area contributed by atoms with Crippen LogP contribution in [0.15, 0.2) is 6.07 Å². The van der Waals surface area contributed by atoms with E-state index in [4.69, 9.17) is 5.73 Å². The Kier molecular flexibility index (Phi) is 6.61. The van der Waals surface area contributed by atoms with Gasteiger partial charge in [0.15, 0.2) is 0 Å². The molecule has 0 unspecified atom stereocenters. The van der Waals surface area contributed by atoms with Gasteiger partial charge >= 0.3 is 0 Å². The van der Waals surface area contributed by atoms with Gasteiger partial charge in [0.05, 0.1) is 16.3 Å². The third kappa shape index (κ3) is 5.46. The highest BCUT2D eigenvalue weighted by atomic mass is 32.1. The van der Waals surface area contributed by atoms with E-state index in [0.717, 1.165) is 34.7 Å². The topological polar surface area (TPSA) is 55.1 Å². The summed E-state index contributed by atoms with van der Waals surface area (Å²) >= 11 is 1.43. The van der Waals surface area contributed by atoms with E-state index < -0.39 is 0 Å². The number of aryl methyl sites for hydroxylation is 1. The fourth-order valence-corrected chi connectivity index (χ4v) is 2.61. The number of carbonyl (C=O) groups is 1. The Labute approximate surface area is 119 Å². The van der Waals surface area contributed by atoms with E-state index in [9.17, 15) is 4.79 Å². The average Bonchev–Trinajstić information content (AvgIpc) is 2.73.